The van der Waals surface area contributed by atoms with Crippen molar-refractivity contribution in [2.45, 2.75) is 68.5 Å². The van der Waals surface area contributed by atoms with E-state index in [0.29, 0.717) is 6.10 Å². The minimum Gasteiger partial charge on any atom is -0.399 e. The van der Waals surface area contributed by atoms with Crippen LogP contribution in [-0.2, 0) is 4.74 Å². The molecule has 0 aromatic heterocycles. The zero-order valence-electron chi connectivity index (χ0n) is 12.4. The molecular weight excluding hydrogens is 266 g/mol. The maximum atomic E-state index is 6.42. The summed E-state index contributed by atoms with van der Waals surface area (Å²) in [5.74, 6) is 1.07. The van der Waals surface area contributed by atoms with Crippen LogP contribution in [0.15, 0.2) is 23.1 Å². The van der Waals surface area contributed by atoms with Gasteiger partial charge in [-0.25, -0.2) is 0 Å². The van der Waals surface area contributed by atoms with Crippen LogP contribution in [0.5, 0.6) is 0 Å². The number of ether oxygens (including phenoxy) is 1. The van der Waals surface area contributed by atoms with Gasteiger partial charge >= 0.3 is 0 Å². The average Bonchev–Trinajstić information content (AvgIpc) is 2.84. The molecule has 1 unspecified atom stereocenters. The minimum absolute atomic E-state index is 0.251. The molecule has 3 heteroatoms. The second-order valence-corrected chi connectivity index (χ2v) is 7.45. The molecule has 1 aromatic carbocycles. The van der Waals surface area contributed by atoms with Gasteiger partial charge in [0, 0.05) is 16.3 Å². The molecule has 2 fully saturated rings. The van der Waals surface area contributed by atoms with Gasteiger partial charge in [-0.05, 0) is 56.4 Å². The minimum atomic E-state index is 0.251. The summed E-state index contributed by atoms with van der Waals surface area (Å²) in [7, 11) is 0. The third-order valence-corrected chi connectivity index (χ3v) is 5.91. The zero-order valence-corrected chi connectivity index (χ0v) is 13.2. The predicted octanol–water partition coefficient (Wildman–Crippen LogP) is 4.55. The van der Waals surface area contributed by atoms with E-state index in [9.17, 15) is 0 Å². The number of nitrogens with two attached hydrogens (primary N) is 1. The van der Waals surface area contributed by atoms with Gasteiger partial charge in [0.2, 0.25) is 0 Å². The van der Waals surface area contributed by atoms with Crippen molar-refractivity contribution < 1.29 is 4.74 Å². The normalized spacial score (nSPS) is 25.1. The molecule has 2 N–H and O–H groups in total. The fourth-order valence-electron chi connectivity index (χ4n) is 3.50. The number of nitrogen functional groups attached to an aromatic ring is 1. The topological polar surface area (TPSA) is 35.2 Å². The molecule has 1 heterocycles. The Bertz CT molecular complexity index is 468. The molecule has 2 aliphatic rings. The Kier molecular flexibility index (Phi) is 4.27. The molecule has 0 radical (unpaired) electrons. The van der Waals surface area contributed by atoms with Gasteiger partial charge in [0.15, 0.2) is 0 Å². The summed E-state index contributed by atoms with van der Waals surface area (Å²) in [6, 6.07) is 6.32. The van der Waals surface area contributed by atoms with Crippen molar-refractivity contribution in [2.75, 3.05) is 11.5 Å². The summed E-state index contributed by atoms with van der Waals surface area (Å²) in [4.78, 5) is 1.31. The highest BCUT2D eigenvalue weighted by atomic mass is 32.2. The molecule has 1 aliphatic carbocycles. The Morgan fingerprint density at radius 1 is 1.25 bits per heavy atom. The molecule has 2 nitrogen and oxygen atoms in total. The van der Waals surface area contributed by atoms with E-state index in [1.807, 2.05) is 17.8 Å². The predicted molar refractivity (Wildman–Crippen MR) is 86.2 cm³/mol. The SMILES string of the molecule is Cc1cc(SCC2CCC3(CCCCC3)O2)ccc1N. The van der Waals surface area contributed by atoms with Gasteiger partial charge in [-0.15, -0.1) is 11.8 Å². The van der Waals surface area contributed by atoms with Crippen LogP contribution in [0.3, 0.4) is 0 Å². The lowest BCUT2D eigenvalue weighted by Crippen LogP contribution is -2.32. The highest BCUT2D eigenvalue weighted by Crippen LogP contribution is 2.43. The third kappa shape index (κ3) is 3.15. The van der Waals surface area contributed by atoms with E-state index >= 15 is 0 Å². The second-order valence-electron chi connectivity index (χ2n) is 6.35. The lowest BCUT2D eigenvalue weighted by Gasteiger charge is -2.33. The lowest BCUT2D eigenvalue weighted by molar-refractivity contribution is -0.0555. The molecule has 0 amide bonds. The second kappa shape index (κ2) is 5.98. The summed E-state index contributed by atoms with van der Waals surface area (Å²) in [5.41, 5.74) is 8.17. The molecule has 1 spiro atoms. The maximum Gasteiger partial charge on any atom is 0.0687 e. The Morgan fingerprint density at radius 3 is 2.80 bits per heavy atom. The fraction of sp³-hybridized carbons (Fsp3) is 0.647. The molecule has 0 bridgehead atoms. The Hall–Kier alpha value is -0.670. The number of hydrogen-bond donors (Lipinski definition) is 1. The molecule has 1 saturated heterocycles. The van der Waals surface area contributed by atoms with Crippen LogP contribution < -0.4 is 5.73 Å². The van der Waals surface area contributed by atoms with Crippen molar-refractivity contribution in [1.82, 2.24) is 0 Å². The van der Waals surface area contributed by atoms with Crippen molar-refractivity contribution in [3.8, 4) is 0 Å². The van der Waals surface area contributed by atoms with Crippen LogP contribution in [0.1, 0.15) is 50.5 Å². The van der Waals surface area contributed by atoms with Crippen molar-refractivity contribution in [3.63, 3.8) is 0 Å². The first-order valence-electron chi connectivity index (χ1n) is 7.84. The van der Waals surface area contributed by atoms with Gasteiger partial charge in [-0.1, -0.05) is 19.3 Å². The van der Waals surface area contributed by atoms with Crippen molar-refractivity contribution in [1.29, 1.82) is 0 Å². The largest absolute Gasteiger partial charge is 0.399 e. The van der Waals surface area contributed by atoms with Crippen molar-refractivity contribution in [2.24, 2.45) is 0 Å². The fourth-order valence-corrected chi connectivity index (χ4v) is 4.54. The standard InChI is InChI=1S/C17H25NOS/c1-13-11-15(5-6-16(13)18)20-12-14-7-10-17(19-14)8-3-2-4-9-17/h5-6,11,14H,2-4,7-10,12,18H2,1H3. The first-order chi connectivity index (χ1) is 9.67. The summed E-state index contributed by atoms with van der Waals surface area (Å²) < 4.78 is 6.42. The summed E-state index contributed by atoms with van der Waals surface area (Å²) in [6.45, 7) is 2.07. The summed E-state index contributed by atoms with van der Waals surface area (Å²) in [6.07, 6.45) is 9.64. The number of aryl methyl sites for hydroxylation is 1. The number of rotatable bonds is 3. The smallest absolute Gasteiger partial charge is 0.0687 e. The van der Waals surface area contributed by atoms with Gasteiger partial charge in [-0.3, -0.25) is 0 Å². The molecular formula is C17H25NOS. The number of anilines is 1. The molecule has 1 saturated carbocycles. The molecule has 1 atom stereocenters. The van der Waals surface area contributed by atoms with Crippen LogP contribution in [0.25, 0.3) is 0 Å². The van der Waals surface area contributed by atoms with Crippen LogP contribution >= 0.6 is 11.8 Å². The molecule has 20 heavy (non-hydrogen) atoms. The van der Waals surface area contributed by atoms with Gasteiger partial charge in [0.05, 0.1) is 11.7 Å². The van der Waals surface area contributed by atoms with E-state index in [4.69, 9.17) is 10.5 Å². The third-order valence-electron chi connectivity index (χ3n) is 4.78. The number of benzene rings is 1. The lowest BCUT2D eigenvalue weighted by atomic mass is 9.83. The van der Waals surface area contributed by atoms with E-state index < -0.39 is 0 Å². The van der Waals surface area contributed by atoms with Crippen LogP contribution in [0.4, 0.5) is 5.69 Å². The summed E-state index contributed by atoms with van der Waals surface area (Å²) >= 11 is 1.91. The van der Waals surface area contributed by atoms with Gasteiger partial charge in [0.1, 0.15) is 0 Å². The molecule has 110 valence electrons. The Labute approximate surface area is 126 Å². The molecule has 1 aromatic rings. The zero-order chi connectivity index (χ0) is 14.0. The highest BCUT2D eigenvalue weighted by molar-refractivity contribution is 7.99. The monoisotopic (exact) mass is 291 g/mol. The van der Waals surface area contributed by atoms with Gasteiger partial charge < -0.3 is 10.5 Å². The van der Waals surface area contributed by atoms with E-state index in [0.717, 1.165) is 11.4 Å². The molecule has 3 rings (SSSR count). The summed E-state index contributed by atoms with van der Waals surface area (Å²) in [5, 5.41) is 0. The van der Waals surface area contributed by atoms with E-state index in [1.54, 1.807) is 0 Å². The van der Waals surface area contributed by atoms with Gasteiger partial charge in [0.25, 0.3) is 0 Å². The Morgan fingerprint density at radius 2 is 2.05 bits per heavy atom. The quantitative estimate of drug-likeness (QED) is 0.655. The van der Waals surface area contributed by atoms with Gasteiger partial charge in [-0.2, -0.15) is 0 Å². The van der Waals surface area contributed by atoms with Crippen molar-refractivity contribution >= 4 is 17.4 Å². The first kappa shape index (κ1) is 14.3. The van der Waals surface area contributed by atoms with Crippen LogP contribution in [0, 0.1) is 6.92 Å². The van der Waals surface area contributed by atoms with E-state index in [1.165, 1.54) is 55.4 Å². The van der Waals surface area contributed by atoms with E-state index in [-0.39, 0.29) is 5.60 Å². The Balaban J connectivity index is 1.53. The number of hydrogen-bond acceptors (Lipinski definition) is 3. The average molecular weight is 291 g/mol. The van der Waals surface area contributed by atoms with E-state index in [2.05, 4.69) is 19.1 Å². The maximum absolute atomic E-state index is 6.42. The van der Waals surface area contributed by atoms with Crippen LogP contribution in [-0.4, -0.2) is 17.5 Å². The highest BCUT2D eigenvalue weighted by Gasteiger charge is 2.40. The van der Waals surface area contributed by atoms with Crippen LogP contribution in [0.2, 0.25) is 0 Å². The first-order valence-corrected chi connectivity index (χ1v) is 8.82. The molecule has 1 aliphatic heterocycles. The number of thioether (sulfide) groups is 1. The van der Waals surface area contributed by atoms with Crippen molar-refractivity contribution in [3.05, 3.63) is 23.8 Å².